The number of aromatic nitrogens is 1. The molecule has 2 heterocycles. The van der Waals surface area contributed by atoms with Crippen molar-refractivity contribution in [3.63, 3.8) is 0 Å². The van der Waals surface area contributed by atoms with Crippen molar-refractivity contribution in [1.82, 2.24) is 9.88 Å². The molecule has 1 aliphatic rings. The minimum absolute atomic E-state index is 0.0917. The summed E-state index contributed by atoms with van der Waals surface area (Å²) in [4.78, 5) is 18.9. The van der Waals surface area contributed by atoms with Crippen LogP contribution < -0.4 is 9.62 Å². The molecular formula is C16H17ClN4O3S. The highest BCUT2D eigenvalue weighted by atomic mass is 35.5. The molecule has 1 aromatic heterocycles. The smallest absolute Gasteiger partial charge is 0.261 e. The summed E-state index contributed by atoms with van der Waals surface area (Å²) in [6, 6.07) is 9.47. The molecule has 0 aliphatic carbocycles. The monoisotopic (exact) mass is 380 g/mol. The number of anilines is 2. The number of benzene rings is 1. The lowest BCUT2D eigenvalue weighted by molar-refractivity contribution is -0.118. The molecule has 1 aliphatic heterocycles. The number of pyridine rings is 1. The van der Waals surface area contributed by atoms with Gasteiger partial charge < -0.3 is 9.80 Å². The van der Waals surface area contributed by atoms with Gasteiger partial charge in [-0.25, -0.2) is 13.4 Å². The maximum absolute atomic E-state index is 12.4. The van der Waals surface area contributed by atoms with Crippen molar-refractivity contribution in [3.05, 3.63) is 47.6 Å². The van der Waals surface area contributed by atoms with Gasteiger partial charge in [0.1, 0.15) is 5.82 Å². The van der Waals surface area contributed by atoms with Crippen LogP contribution in [-0.4, -0.2) is 50.9 Å². The number of nitrogens with one attached hydrogen (secondary N) is 1. The van der Waals surface area contributed by atoms with Crippen LogP contribution in [0.5, 0.6) is 0 Å². The first-order valence-electron chi connectivity index (χ1n) is 7.67. The minimum Gasteiger partial charge on any atom is -0.353 e. The van der Waals surface area contributed by atoms with Crippen LogP contribution in [0.4, 0.5) is 11.5 Å². The molecule has 0 unspecified atom stereocenters. The van der Waals surface area contributed by atoms with Crippen LogP contribution in [0.3, 0.4) is 0 Å². The number of piperazine rings is 1. The van der Waals surface area contributed by atoms with Crippen molar-refractivity contribution >= 4 is 39.5 Å². The van der Waals surface area contributed by atoms with E-state index in [4.69, 9.17) is 11.6 Å². The van der Waals surface area contributed by atoms with Crippen LogP contribution in [0.15, 0.2) is 47.5 Å². The molecule has 2 aromatic rings. The van der Waals surface area contributed by atoms with Gasteiger partial charge in [-0.3, -0.25) is 9.52 Å². The van der Waals surface area contributed by atoms with E-state index in [-0.39, 0.29) is 4.90 Å². The molecule has 1 amide bonds. The second-order valence-corrected chi connectivity index (χ2v) is 7.72. The van der Waals surface area contributed by atoms with Gasteiger partial charge in [-0.15, -0.1) is 0 Å². The molecule has 1 saturated heterocycles. The lowest BCUT2D eigenvalue weighted by atomic mass is 10.3. The second-order valence-electron chi connectivity index (χ2n) is 5.60. The Morgan fingerprint density at radius 1 is 1.12 bits per heavy atom. The van der Waals surface area contributed by atoms with E-state index in [1.807, 2.05) is 0 Å². The first-order valence-corrected chi connectivity index (χ1v) is 9.53. The topological polar surface area (TPSA) is 82.6 Å². The van der Waals surface area contributed by atoms with Crippen molar-refractivity contribution in [2.45, 2.75) is 4.90 Å². The molecule has 0 saturated carbocycles. The Kier molecular flexibility index (Phi) is 5.10. The van der Waals surface area contributed by atoms with Gasteiger partial charge in [0.2, 0.25) is 6.41 Å². The number of carbonyl (C=O) groups is 1. The summed E-state index contributed by atoms with van der Waals surface area (Å²) in [5.74, 6) is 0.747. The molecule has 0 bridgehead atoms. The lowest BCUT2D eigenvalue weighted by Gasteiger charge is -2.33. The average Bonchev–Trinajstić information content (AvgIpc) is 2.62. The molecule has 7 nitrogen and oxygen atoms in total. The largest absolute Gasteiger partial charge is 0.353 e. The van der Waals surface area contributed by atoms with Gasteiger partial charge in [-0.05, 0) is 30.3 Å². The van der Waals surface area contributed by atoms with Crippen LogP contribution in [0, 0.1) is 0 Å². The fourth-order valence-corrected chi connectivity index (χ4v) is 3.88. The molecule has 3 rings (SSSR count). The molecule has 0 spiro atoms. The van der Waals surface area contributed by atoms with Crippen molar-refractivity contribution in [2.75, 3.05) is 35.8 Å². The second kappa shape index (κ2) is 7.28. The predicted molar refractivity (Wildman–Crippen MR) is 96.3 cm³/mol. The van der Waals surface area contributed by atoms with E-state index in [0.29, 0.717) is 36.9 Å². The molecule has 25 heavy (non-hydrogen) atoms. The first-order chi connectivity index (χ1) is 12.0. The standard InChI is InChI=1S/C16H17ClN4O3S/c17-13-2-1-3-15(10-13)25(23,24)19-14-4-5-16(18-11-14)21-8-6-20(12-22)7-9-21/h1-5,10-12,19H,6-9H2. The van der Waals surface area contributed by atoms with Gasteiger partial charge in [0, 0.05) is 31.2 Å². The number of hydrogen-bond donors (Lipinski definition) is 1. The van der Waals surface area contributed by atoms with Gasteiger partial charge in [-0.2, -0.15) is 0 Å². The van der Waals surface area contributed by atoms with Crippen LogP contribution in [0.25, 0.3) is 0 Å². The summed E-state index contributed by atoms with van der Waals surface area (Å²) in [6.07, 6.45) is 2.32. The number of amides is 1. The maximum Gasteiger partial charge on any atom is 0.261 e. The Hall–Kier alpha value is -2.32. The van der Waals surface area contributed by atoms with E-state index in [0.717, 1.165) is 12.2 Å². The molecule has 132 valence electrons. The third-order valence-corrected chi connectivity index (χ3v) is 5.51. The summed E-state index contributed by atoms with van der Waals surface area (Å²) in [5.41, 5.74) is 0.371. The highest BCUT2D eigenvalue weighted by Gasteiger charge is 2.18. The number of halogens is 1. The molecule has 1 fully saturated rings. The quantitative estimate of drug-likeness (QED) is 0.800. The highest BCUT2D eigenvalue weighted by Crippen LogP contribution is 2.21. The van der Waals surface area contributed by atoms with Gasteiger partial charge in [0.25, 0.3) is 10.0 Å². The van der Waals surface area contributed by atoms with Crippen LogP contribution >= 0.6 is 11.6 Å². The first kappa shape index (κ1) is 17.5. The summed E-state index contributed by atoms with van der Waals surface area (Å²) in [5, 5.41) is 0.353. The van der Waals surface area contributed by atoms with Crippen LogP contribution in [0.2, 0.25) is 5.02 Å². The Labute approximate surface area is 151 Å². The predicted octanol–water partition coefficient (Wildman–Crippen LogP) is 1.81. The molecule has 9 heteroatoms. The molecule has 1 N–H and O–H groups in total. The van der Waals surface area contributed by atoms with Crippen molar-refractivity contribution in [2.24, 2.45) is 0 Å². The highest BCUT2D eigenvalue weighted by molar-refractivity contribution is 7.92. The Morgan fingerprint density at radius 2 is 1.88 bits per heavy atom. The van der Waals surface area contributed by atoms with Gasteiger partial charge in [0.15, 0.2) is 0 Å². The third-order valence-electron chi connectivity index (χ3n) is 3.89. The van der Waals surface area contributed by atoms with Gasteiger partial charge in [0.05, 0.1) is 16.8 Å². The Balaban J connectivity index is 1.69. The van der Waals surface area contributed by atoms with Crippen LogP contribution in [0.1, 0.15) is 0 Å². The van der Waals surface area contributed by atoms with E-state index in [1.165, 1.54) is 18.3 Å². The van der Waals surface area contributed by atoms with Crippen molar-refractivity contribution in [3.8, 4) is 0 Å². The molecule has 1 aromatic carbocycles. The summed E-state index contributed by atoms with van der Waals surface area (Å²) in [7, 11) is -3.72. The van der Waals surface area contributed by atoms with Crippen molar-refractivity contribution < 1.29 is 13.2 Å². The zero-order valence-corrected chi connectivity index (χ0v) is 14.9. The van der Waals surface area contributed by atoms with E-state index in [9.17, 15) is 13.2 Å². The van der Waals surface area contributed by atoms with Crippen LogP contribution in [-0.2, 0) is 14.8 Å². The number of hydrogen-bond acceptors (Lipinski definition) is 5. The lowest BCUT2D eigenvalue weighted by Crippen LogP contribution is -2.46. The molecule has 0 radical (unpaired) electrons. The van der Waals surface area contributed by atoms with Gasteiger partial charge >= 0.3 is 0 Å². The molecule has 0 atom stereocenters. The van der Waals surface area contributed by atoms with E-state index >= 15 is 0 Å². The van der Waals surface area contributed by atoms with E-state index in [1.54, 1.807) is 29.2 Å². The maximum atomic E-state index is 12.4. The summed E-state index contributed by atoms with van der Waals surface area (Å²) >= 11 is 5.85. The zero-order valence-electron chi connectivity index (χ0n) is 13.3. The zero-order chi connectivity index (χ0) is 17.9. The summed E-state index contributed by atoms with van der Waals surface area (Å²) in [6.45, 7) is 2.68. The number of nitrogens with zero attached hydrogens (tertiary/aromatic N) is 3. The Morgan fingerprint density at radius 3 is 2.48 bits per heavy atom. The normalized spacial score (nSPS) is 15.1. The number of sulfonamides is 1. The van der Waals surface area contributed by atoms with Crippen molar-refractivity contribution in [1.29, 1.82) is 0 Å². The minimum atomic E-state index is -3.72. The SMILES string of the molecule is O=CN1CCN(c2ccc(NS(=O)(=O)c3cccc(Cl)c3)cn2)CC1. The van der Waals surface area contributed by atoms with Gasteiger partial charge in [-0.1, -0.05) is 17.7 Å². The third kappa shape index (κ3) is 4.21. The fourth-order valence-electron chi connectivity index (χ4n) is 2.54. The molecular weight excluding hydrogens is 364 g/mol. The number of carbonyl (C=O) groups excluding carboxylic acids is 1. The summed E-state index contributed by atoms with van der Waals surface area (Å²) < 4.78 is 27.2. The Bertz CT molecular complexity index is 850. The average molecular weight is 381 g/mol. The fraction of sp³-hybridized carbons (Fsp3) is 0.250. The van der Waals surface area contributed by atoms with E-state index in [2.05, 4.69) is 14.6 Å². The number of rotatable bonds is 5. The van der Waals surface area contributed by atoms with E-state index < -0.39 is 10.0 Å².